The summed E-state index contributed by atoms with van der Waals surface area (Å²) in [5.41, 5.74) is 0. The first kappa shape index (κ1) is 13.0. The normalized spacial score (nSPS) is 31.2. The highest BCUT2D eigenvalue weighted by atomic mass is 16.3. The van der Waals surface area contributed by atoms with Gasteiger partial charge in [0.05, 0.1) is 6.10 Å². The summed E-state index contributed by atoms with van der Waals surface area (Å²) >= 11 is 0. The lowest BCUT2D eigenvalue weighted by Gasteiger charge is -2.28. The van der Waals surface area contributed by atoms with Gasteiger partial charge in [-0.25, -0.2) is 0 Å². The third-order valence-corrected chi connectivity index (χ3v) is 3.98. The van der Waals surface area contributed by atoms with Gasteiger partial charge in [-0.15, -0.1) is 0 Å². The van der Waals surface area contributed by atoms with Gasteiger partial charge in [-0.3, -0.25) is 0 Å². The number of rotatable bonds is 5. The fourth-order valence-corrected chi connectivity index (χ4v) is 2.36. The molecule has 90 valence electrons. The molecule has 2 heteroatoms. The number of hydrogen-bond acceptors (Lipinski definition) is 2. The predicted octanol–water partition coefficient (Wildman–Crippen LogP) is 2.56. The van der Waals surface area contributed by atoms with E-state index in [-0.39, 0.29) is 6.10 Å². The van der Waals surface area contributed by atoms with Crippen LogP contribution in [0.1, 0.15) is 52.9 Å². The minimum atomic E-state index is -0.0375. The molecule has 1 rings (SSSR count). The zero-order valence-electron chi connectivity index (χ0n) is 10.5. The lowest BCUT2D eigenvalue weighted by Crippen LogP contribution is -2.37. The van der Waals surface area contributed by atoms with Gasteiger partial charge in [0.15, 0.2) is 0 Å². The second-order valence-electron chi connectivity index (χ2n) is 5.27. The Morgan fingerprint density at radius 1 is 1.33 bits per heavy atom. The molecule has 0 bridgehead atoms. The summed E-state index contributed by atoms with van der Waals surface area (Å²) in [4.78, 5) is 0. The molecule has 0 spiro atoms. The molecule has 0 aromatic carbocycles. The smallest absolute Gasteiger partial charge is 0.0543 e. The number of nitrogens with one attached hydrogen (secondary N) is 1. The van der Waals surface area contributed by atoms with Gasteiger partial charge < -0.3 is 10.4 Å². The van der Waals surface area contributed by atoms with Crippen LogP contribution in [-0.2, 0) is 0 Å². The maximum Gasteiger partial charge on any atom is 0.0543 e. The maximum atomic E-state index is 9.57. The fraction of sp³-hybridized carbons (Fsp3) is 1.00. The molecular formula is C13H27NO. The Balaban J connectivity index is 2.18. The van der Waals surface area contributed by atoms with Gasteiger partial charge in [-0.05, 0) is 44.6 Å². The Hall–Kier alpha value is -0.0800. The van der Waals surface area contributed by atoms with Crippen molar-refractivity contribution in [1.29, 1.82) is 0 Å². The van der Waals surface area contributed by atoms with Crippen LogP contribution in [0.5, 0.6) is 0 Å². The standard InChI is InChI=1S/C13H27NO/c1-4-10(2)11(3)14-9-12-6-5-7-13(15)8-12/h10-15H,4-9H2,1-3H3. The van der Waals surface area contributed by atoms with Crippen LogP contribution >= 0.6 is 0 Å². The zero-order chi connectivity index (χ0) is 11.3. The molecule has 1 aliphatic carbocycles. The van der Waals surface area contributed by atoms with Gasteiger partial charge in [0.25, 0.3) is 0 Å². The van der Waals surface area contributed by atoms with E-state index in [0.29, 0.717) is 12.0 Å². The molecule has 1 saturated carbocycles. The Morgan fingerprint density at radius 3 is 2.67 bits per heavy atom. The quantitative estimate of drug-likeness (QED) is 0.735. The van der Waals surface area contributed by atoms with Crippen molar-refractivity contribution in [3.63, 3.8) is 0 Å². The molecule has 0 radical (unpaired) electrons. The van der Waals surface area contributed by atoms with Gasteiger partial charge in [0.2, 0.25) is 0 Å². The van der Waals surface area contributed by atoms with Crippen molar-refractivity contribution in [2.45, 2.75) is 65.0 Å². The summed E-state index contributed by atoms with van der Waals surface area (Å²) in [7, 11) is 0. The predicted molar refractivity (Wildman–Crippen MR) is 64.9 cm³/mol. The average Bonchev–Trinajstić information content (AvgIpc) is 2.25. The largest absolute Gasteiger partial charge is 0.393 e. The second-order valence-corrected chi connectivity index (χ2v) is 5.27. The SMILES string of the molecule is CCC(C)C(C)NCC1CCCC(O)C1. The van der Waals surface area contributed by atoms with Crippen LogP contribution in [0.25, 0.3) is 0 Å². The van der Waals surface area contributed by atoms with Crippen LogP contribution in [0.3, 0.4) is 0 Å². The molecule has 2 nitrogen and oxygen atoms in total. The van der Waals surface area contributed by atoms with E-state index < -0.39 is 0 Å². The van der Waals surface area contributed by atoms with E-state index in [4.69, 9.17) is 0 Å². The van der Waals surface area contributed by atoms with Crippen molar-refractivity contribution in [3.05, 3.63) is 0 Å². The lowest BCUT2D eigenvalue weighted by atomic mass is 9.87. The molecule has 15 heavy (non-hydrogen) atoms. The molecule has 0 aliphatic heterocycles. The summed E-state index contributed by atoms with van der Waals surface area (Å²) in [6.07, 6.45) is 5.70. The van der Waals surface area contributed by atoms with E-state index in [1.807, 2.05) is 0 Å². The molecule has 4 unspecified atom stereocenters. The molecule has 0 amide bonds. The van der Waals surface area contributed by atoms with Gasteiger partial charge in [0.1, 0.15) is 0 Å². The van der Waals surface area contributed by atoms with Gasteiger partial charge >= 0.3 is 0 Å². The van der Waals surface area contributed by atoms with E-state index in [1.54, 1.807) is 0 Å². The Morgan fingerprint density at radius 2 is 2.07 bits per heavy atom. The molecule has 1 aliphatic rings. The lowest BCUT2D eigenvalue weighted by molar-refractivity contribution is 0.0990. The van der Waals surface area contributed by atoms with E-state index in [2.05, 4.69) is 26.1 Å². The molecule has 4 atom stereocenters. The minimum Gasteiger partial charge on any atom is -0.393 e. The van der Waals surface area contributed by atoms with Crippen LogP contribution in [0.2, 0.25) is 0 Å². The van der Waals surface area contributed by atoms with Gasteiger partial charge in [-0.1, -0.05) is 26.7 Å². The summed E-state index contributed by atoms with van der Waals surface area (Å²) < 4.78 is 0. The molecular weight excluding hydrogens is 186 g/mol. The molecule has 0 heterocycles. The molecule has 0 aromatic heterocycles. The first-order chi connectivity index (χ1) is 7.13. The Bertz CT molecular complexity index is 172. The van der Waals surface area contributed by atoms with Crippen molar-refractivity contribution in [2.75, 3.05) is 6.54 Å². The van der Waals surface area contributed by atoms with E-state index in [0.717, 1.165) is 25.3 Å². The van der Waals surface area contributed by atoms with Crippen LogP contribution in [-0.4, -0.2) is 23.8 Å². The van der Waals surface area contributed by atoms with E-state index in [1.165, 1.54) is 19.3 Å². The van der Waals surface area contributed by atoms with Crippen molar-refractivity contribution >= 4 is 0 Å². The van der Waals surface area contributed by atoms with Crippen molar-refractivity contribution in [3.8, 4) is 0 Å². The number of aliphatic hydroxyl groups is 1. The first-order valence-corrected chi connectivity index (χ1v) is 6.55. The van der Waals surface area contributed by atoms with Crippen LogP contribution in [0, 0.1) is 11.8 Å². The minimum absolute atomic E-state index is 0.0375. The molecule has 0 aromatic rings. The van der Waals surface area contributed by atoms with Gasteiger partial charge in [0, 0.05) is 6.04 Å². The highest BCUT2D eigenvalue weighted by molar-refractivity contribution is 4.76. The highest BCUT2D eigenvalue weighted by Gasteiger charge is 2.20. The zero-order valence-corrected chi connectivity index (χ0v) is 10.5. The monoisotopic (exact) mass is 213 g/mol. The Labute approximate surface area is 94.5 Å². The van der Waals surface area contributed by atoms with E-state index in [9.17, 15) is 5.11 Å². The summed E-state index contributed by atoms with van der Waals surface area (Å²) in [6.45, 7) is 7.90. The van der Waals surface area contributed by atoms with Crippen molar-refractivity contribution in [2.24, 2.45) is 11.8 Å². The third-order valence-electron chi connectivity index (χ3n) is 3.98. The second kappa shape index (κ2) is 6.49. The summed E-state index contributed by atoms with van der Waals surface area (Å²) in [5, 5.41) is 13.2. The maximum absolute atomic E-state index is 9.57. The first-order valence-electron chi connectivity index (χ1n) is 6.55. The molecule has 1 fully saturated rings. The number of aliphatic hydroxyl groups excluding tert-OH is 1. The fourth-order valence-electron chi connectivity index (χ4n) is 2.36. The molecule has 0 saturated heterocycles. The average molecular weight is 213 g/mol. The molecule has 2 N–H and O–H groups in total. The third kappa shape index (κ3) is 4.52. The van der Waals surface area contributed by atoms with E-state index >= 15 is 0 Å². The van der Waals surface area contributed by atoms with Crippen molar-refractivity contribution in [1.82, 2.24) is 5.32 Å². The van der Waals surface area contributed by atoms with Crippen LogP contribution in [0.15, 0.2) is 0 Å². The summed E-state index contributed by atoms with van der Waals surface area (Å²) in [6, 6.07) is 0.606. The topological polar surface area (TPSA) is 32.3 Å². The van der Waals surface area contributed by atoms with Crippen LogP contribution in [0.4, 0.5) is 0 Å². The van der Waals surface area contributed by atoms with Gasteiger partial charge in [-0.2, -0.15) is 0 Å². The van der Waals surface area contributed by atoms with Crippen molar-refractivity contribution < 1.29 is 5.11 Å². The summed E-state index contributed by atoms with van der Waals surface area (Å²) in [5.74, 6) is 1.44. The highest BCUT2D eigenvalue weighted by Crippen LogP contribution is 2.23. The number of hydrogen-bond donors (Lipinski definition) is 2. The van der Waals surface area contributed by atoms with Crippen LogP contribution < -0.4 is 5.32 Å². The Kier molecular flexibility index (Phi) is 5.62.